The fourth-order valence-electron chi connectivity index (χ4n) is 2.90. The van der Waals surface area contributed by atoms with E-state index in [0.29, 0.717) is 34.4 Å². The van der Waals surface area contributed by atoms with E-state index in [1.54, 1.807) is 50.4 Å². The van der Waals surface area contributed by atoms with Crippen LogP contribution in [0.25, 0.3) is 6.08 Å². The fraction of sp³-hybridized carbons (Fsp3) is 0.125. The van der Waals surface area contributed by atoms with Gasteiger partial charge in [0.15, 0.2) is 11.5 Å². The molecule has 0 saturated carbocycles. The molecule has 0 aliphatic carbocycles. The van der Waals surface area contributed by atoms with Gasteiger partial charge in [-0.05, 0) is 60.0 Å². The van der Waals surface area contributed by atoms with Gasteiger partial charge in [0.25, 0.3) is 5.69 Å². The number of nitro groups is 1. The largest absolute Gasteiger partial charge is 0.493 e. The topological polar surface area (TPSA) is 90.7 Å². The summed E-state index contributed by atoms with van der Waals surface area (Å²) in [6, 6.07) is 17.0. The third kappa shape index (κ3) is 6.09. The number of rotatable bonds is 8. The van der Waals surface area contributed by atoms with Gasteiger partial charge in [-0.3, -0.25) is 14.9 Å². The molecule has 0 unspecified atom stereocenters. The van der Waals surface area contributed by atoms with Gasteiger partial charge in [-0.2, -0.15) is 0 Å². The van der Waals surface area contributed by atoms with Gasteiger partial charge in [-0.1, -0.05) is 29.8 Å². The second-order valence-corrected chi connectivity index (χ2v) is 7.34. The zero-order chi connectivity index (χ0) is 23.1. The number of anilines is 1. The number of nitrogens with zero attached hydrogens (tertiary/aromatic N) is 1. The number of nitro benzene ring substituents is 1. The second kappa shape index (κ2) is 10.5. The normalized spacial score (nSPS) is 10.7. The van der Waals surface area contributed by atoms with Crippen molar-refractivity contribution < 1.29 is 19.2 Å². The van der Waals surface area contributed by atoms with Crippen LogP contribution < -0.4 is 14.8 Å². The first kappa shape index (κ1) is 22.8. The molecule has 0 spiro atoms. The molecule has 0 atom stereocenters. The molecule has 0 aliphatic rings. The van der Waals surface area contributed by atoms with Crippen molar-refractivity contribution in [3.05, 3.63) is 98.6 Å². The molecule has 3 rings (SSSR count). The quantitative estimate of drug-likeness (QED) is 0.265. The average Bonchev–Trinajstić information content (AvgIpc) is 2.78. The van der Waals surface area contributed by atoms with Crippen molar-refractivity contribution in [1.29, 1.82) is 0 Å². The van der Waals surface area contributed by atoms with Crippen LogP contribution in [0.1, 0.15) is 16.7 Å². The summed E-state index contributed by atoms with van der Waals surface area (Å²) < 4.78 is 11.2. The summed E-state index contributed by atoms with van der Waals surface area (Å²) >= 11 is 5.90. The number of aryl methyl sites for hydroxylation is 1. The van der Waals surface area contributed by atoms with Crippen molar-refractivity contribution in [2.75, 3.05) is 12.4 Å². The molecule has 3 aromatic rings. The van der Waals surface area contributed by atoms with E-state index < -0.39 is 4.92 Å². The van der Waals surface area contributed by atoms with Crippen molar-refractivity contribution in [2.45, 2.75) is 13.5 Å². The highest BCUT2D eigenvalue weighted by molar-refractivity contribution is 6.30. The second-order valence-electron chi connectivity index (χ2n) is 6.90. The lowest BCUT2D eigenvalue weighted by atomic mass is 10.1. The third-order valence-electron chi connectivity index (χ3n) is 4.60. The fourth-order valence-corrected chi connectivity index (χ4v) is 3.02. The van der Waals surface area contributed by atoms with Crippen LogP contribution in [-0.4, -0.2) is 17.9 Å². The van der Waals surface area contributed by atoms with Crippen LogP contribution in [0.15, 0.2) is 66.7 Å². The van der Waals surface area contributed by atoms with Crippen molar-refractivity contribution >= 4 is 35.0 Å². The molecule has 1 N–H and O–H groups in total. The molecule has 1 amide bonds. The van der Waals surface area contributed by atoms with Gasteiger partial charge in [-0.15, -0.1) is 0 Å². The van der Waals surface area contributed by atoms with E-state index in [1.807, 2.05) is 12.1 Å². The van der Waals surface area contributed by atoms with Gasteiger partial charge in [0.05, 0.1) is 12.0 Å². The van der Waals surface area contributed by atoms with Crippen LogP contribution in [0.2, 0.25) is 5.02 Å². The van der Waals surface area contributed by atoms with Crippen LogP contribution in [-0.2, 0) is 11.4 Å². The van der Waals surface area contributed by atoms with Gasteiger partial charge in [0.2, 0.25) is 5.91 Å². The number of non-ortho nitro benzene ring substituents is 1. The third-order valence-corrected chi connectivity index (χ3v) is 4.85. The minimum absolute atomic E-state index is 0.0264. The Morgan fingerprint density at radius 2 is 1.84 bits per heavy atom. The van der Waals surface area contributed by atoms with Crippen molar-refractivity contribution in [3.8, 4) is 11.5 Å². The molecule has 32 heavy (non-hydrogen) atoms. The smallest absolute Gasteiger partial charge is 0.269 e. The molecule has 8 heteroatoms. The van der Waals surface area contributed by atoms with E-state index in [0.717, 1.165) is 11.1 Å². The van der Waals surface area contributed by atoms with Gasteiger partial charge in [0.1, 0.15) is 6.61 Å². The molecule has 0 aliphatic heterocycles. The average molecular weight is 453 g/mol. The molecular weight excluding hydrogens is 432 g/mol. The first-order chi connectivity index (χ1) is 15.4. The first-order valence-corrected chi connectivity index (χ1v) is 10.0. The number of carbonyl (C=O) groups is 1. The maximum Gasteiger partial charge on any atom is 0.269 e. The van der Waals surface area contributed by atoms with E-state index >= 15 is 0 Å². The predicted octanol–water partition coefficient (Wildman–Crippen LogP) is 5.80. The van der Waals surface area contributed by atoms with Crippen molar-refractivity contribution in [2.24, 2.45) is 0 Å². The van der Waals surface area contributed by atoms with Gasteiger partial charge in [0, 0.05) is 28.9 Å². The summed E-state index contributed by atoms with van der Waals surface area (Å²) in [5, 5.41) is 14.2. The van der Waals surface area contributed by atoms with E-state index in [-0.39, 0.29) is 11.6 Å². The number of ether oxygens (including phenoxy) is 2. The Labute approximate surface area is 190 Å². The van der Waals surface area contributed by atoms with Gasteiger partial charge < -0.3 is 14.8 Å². The lowest BCUT2D eigenvalue weighted by Gasteiger charge is -2.11. The highest BCUT2D eigenvalue weighted by Crippen LogP contribution is 2.29. The number of carbonyl (C=O) groups excluding carboxylic acids is 1. The van der Waals surface area contributed by atoms with Crippen LogP contribution >= 0.6 is 11.6 Å². The summed E-state index contributed by atoms with van der Waals surface area (Å²) in [5.41, 5.74) is 2.80. The Balaban J connectivity index is 1.64. The molecule has 0 fully saturated rings. The molecule has 0 heterocycles. The zero-order valence-electron chi connectivity index (χ0n) is 17.5. The minimum Gasteiger partial charge on any atom is -0.493 e. The molecule has 3 aromatic carbocycles. The molecule has 0 radical (unpaired) electrons. The van der Waals surface area contributed by atoms with Crippen LogP contribution in [0, 0.1) is 17.0 Å². The summed E-state index contributed by atoms with van der Waals surface area (Å²) in [7, 11) is 1.54. The van der Waals surface area contributed by atoms with Crippen LogP contribution in [0.5, 0.6) is 11.5 Å². The monoisotopic (exact) mass is 452 g/mol. The molecule has 7 nitrogen and oxygen atoms in total. The maximum absolute atomic E-state index is 12.3. The molecule has 0 aromatic heterocycles. The molecule has 164 valence electrons. The Kier molecular flexibility index (Phi) is 7.46. The number of methoxy groups -OCH3 is 1. The van der Waals surface area contributed by atoms with E-state index in [4.69, 9.17) is 21.1 Å². The Hall–Kier alpha value is -3.84. The van der Waals surface area contributed by atoms with Crippen LogP contribution in [0.4, 0.5) is 11.4 Å². The summed E-state index contributed by atoms with van der Waals surface area (Å²) in [4.78, 5) is 22.6. The van der Waals surface area contributed by atoms with E-state index in [9.17, 15) is 14.9 Å². The number of hydrogen-bond donors (Lipinski definition) is 1. The van der Waals surface area contributed by atoms with E-state index in [2.05, 4.69) is 5.32 Å². The Morgan fingerprint density at radius 3 is 2.50 bits per heavy atom. The SMILES string of the molecule is COc1cc(/C=C/C(=O)Nc2ccc([N+](=O)[O-])cc2C)ccc1OCc1ccc(Cl)cc1. The molecule has 0 saturated heterocycles. The number of halogens is 1. The first-order valence-electron chi connectivity index (χ1n) is 9.65. The zero-order valence-corrected chi connectivity index (χ0v) is 18.3. The van der Waals surface area contributed by atoms with E-state index in [1.165, 1.54) is 24.3 Å². The predicted molar refractivity (Wildman–Crippen MR) is 124 cm³/mol. The number of benzene rings is 3. The lowest BCUT2D eigenvalue weighted by Crippen LogP contribution is -2.09. The number of hydrogen-bond acceptors (Lipinski definition) is 5. The van der Waals surface area contributed by atoms with Crippen molar-refractivity contribution in [3.63, 3.8) is 0 Å². The molecular formula is C24H21ClN2O5. The Bertz CT molecular complexity index is 1160. The van der Waals surface area contributed by atoms with Crippen LogP contribution in [0.3, 0.4) is 0 Å². The summed E-state index contributed by atoms with van der Waals surface area (Å²) in [5.74, 6) is 0.752. The maximum atomic E-state index is 12.3. The van der Waals surface area contributed by atoms with Gasteiger partial charge >= 0.3 is 0 Å². The lowest BCUT2D eigenvalue weighted by molar-refractivity contribution is -0.384. The Morgan fingerprint density at radius 1 is 1.09 bits per heavy atom. The summed E-state index contributed by atoms with van der Waals surface area (Å²) in [6.07, 6.45) is 3.02. The number of nitrogens with one attached hydrogen (secondary N) is 1. The minimum atomic E-state index is -0.477. The van der Waals surface area contributed by atoms with Crippen molar-refractivity contribution in [1.82, 2.24) is 0 Å². The highest BCUT2D eigenvalue weighted by Gasteiger charge is 2.10. The number of amides is 1. The standard InChI is InChI=1S/C24H21ClN2O5/c1-16-13-20(27(29)30)9-10-21(16)26-24(28)12-6-17-5-11-22(23(14-17)31-2)32-15-18-3-7-19(25)8-4-18/h3-14H,15H2,1-2H3,(H,26,28)/b12-6+. The summed E-state index contributed by atoms with van der Waals surface area (Å²) in [6.45, 7) is 2.06. The van der Waals surface area contributed by atoms with Gasteiger partial charge in [-0.25, -0.2) is 0 Å². The highest BCUT2D eigenvalue weighted by atomic mass is 35.5. The molecule has 0 bridgehead atoms.